The summed E-state index contributed by atoms with van der Waals surface area (Å²) in [6.45, 7) is 3.67. The van der Waals surface area contributed by atoms with Gasteiger partial charge in [-0.2, -0.15) is 0 Å². The topological polar surface area (TPSA) is 37.4 Å². The van der Waals surface area contributed by atoms with Crippen molar-refractivity contribution in [2.45, 2.75) is 31.7 Å². The Morgan fingerprint density at radius 2 is 2.19 bits per heavy atom. The summed E-state index contributed by atoms with van der Waals surface area (Å²) in [7, 11) is 4.35. The number of hydrogen-bond acceptors (Lipinski definition) is 5. The van der Waals surface area contributed by atoms with Crippen LogP contribution in [0.25, 0.3) is 10.2 Å². The molecule has 1 aromatic carbocycles. The fraction of sp³-hybridized carbons (Fsp3) is 0.562. The summed E-state index contributed by atoms with van der Waals surface area (Å²) in [5.41, 5.74) is 1.35. The first-order valence-electron chi connectivity index (χ1n) is 7.58. The maximum Gasteiger partial charge on any atom is 0.183 e. The molecule has 2 aromatic rings. The lowest BCUT2D eigenvalue weighted by Gasteiger charge is -2.47. The van der Waals surface area contributed by atoms with Crippen LogP contribution in [0.4, 0.5) is 5.13 Å². The molecular weight excluding hydrogens is 282 g/mol. The van der Waals surface area contributed by atoms with Crippen molar-refractivity contribution < 1.29 is 4.74 Å². The van der Waals surface area contributed by atoms with E-state index < -0.39 is 0 Å². The highest BCUT2D eigenvalue weighted by molar-refractivity contribution is 7.22. The summed E-state index contributed by atoms with van der Waals surface area (Å²) >= 11 is 1.70. The van der Waals surface area contributed by atoms with E-state index in [0.717, 1.165) is 22.9 Å². The maximum atomic E-state index is 5.55. The number of anilines is 1. The number of fused-ring (bicyclic) bond motifs is 1. The van der Waals surface area contributed by atoms with E-state index in [1.54, 1.807) is 11.3 Å². The van der Waals surface area contributed by atoms with Crippen molar-refractivity contribution in [3.05, 3.63) is 18.2 Å². The Morgan fingerprint density at radius 1 is 1.38 bits per heavy atom. The number of hydrogen-bond donors (Lipinski definition) is 1. The van der Waals surface area contributed by atoms with Gasteiger partial charge in [-0.05, 0) is 58.5 Å². The van der Waals surface area contributed by atoms with Crippen molar-refractivity contribution in [3.63, 3.8) is 0 Å². The second-order valence-electron chi connectivity index (χ2n) is 5.91. The molecule has 1 aliphatic carbocycles. The Balaban J connectivity index is 1.72. The molecule has 4 nitrogen and oxygen atoms in total. The van der Waals surface area contributed by atoms with Crippen molar-refractivity contribution in [2.24, 2.45) is 0 Å². The quantitative estimate of drug-likeness (QED) is 0.885. The zero-order valence-electron chi connectivity index (χ0n) is 13.0. The standard InChI is InChI=1S/C16H23N3OS/c1-4-20-12-6-7-13-14(10-12)21-15(18-13)17-11-16(19(2)3)8-5-9-16/h6-7,10H,4-5,8-9,11H2,1-3H3,(H,17,18). The van der Waals surface area contributed by atoms with Gasteiger partial charge in [0.2, 0.25) is 0 Å². The van der Waals surface area contributed by atoms with Gasteiger partial charge in [-0.1, -0.05) is 11.3 Å². The minimum Gasteiger partial charge on any atom is -0.494 e. The molecule has 1 fully saturated rings. The third kappa shape index (κ3) is 2.85. The predicted octanol–water partition coefficient (Wildman–Crippen LogP) is 3.59. The summed E-state index contributed by atoms with van der Waals surface area (Å²) in [5.74, 6) is 0.920. The molecule has 21 heavy (non-hydrogen) atoms. The monoisotopic (exact) mass is 305 g/mol. The van der Waals surface area contributed by atoms with Crippen LogP contribution < -0.4 is 10.1 Å². The number of nitrogens with zero attached hydrogens (tertiary/aromatic N) is 2. The van der Waals surface area contributed by atoms with E-state index in [0.29, 0.717) is 12.1 Å². The fourth-order valence-corrected chi connectivity index (χ4v) is 3.73. The molecule has 0 bridgehead atoms. The molecule has 1 heterocycles. The van der Waals surface area contributed by atoms with Crippen LogP contribution in [0.3, 0.4) is 0 Å². The first-order chi connectivity index (χ1) is 10.1. The summed E-state index contributed by atoms with van der Waals surface area (Å²) < 4.78 is 6.72. The van der Waals surface area contributed by atoms with Crippen LogP contribution in [0.5, 0.6) is 5.75 Å². The van der Waals surface area contributed by atoms with Crippen LogP contribution in [-0.2, 0) is 0 Å². The molecule has 0 amide bonds. The highest BCUT2D eigenvalue weighted by Crippen LogP contribution is 2.37. The van der Waals surface area contributed by atoms with Crippen LogP contribution in [0.2, 0.25) is 0 Å². The van der Waals surface area contributed by atoms with Gasteiger partial charge in [-0.3, -0.25) is 0 Å². The molecule has 0 aliphatic heterocycles. The molecular formula is C16H23N3OS. The second-order valence-corrected chi connectivity index (χ2v) is 6.94. The van der Waals surface area contributed by atoms with Gasteiger partial charge in [-0.15, -0.1) is 0 Å². The van der Waals surface area contributed by atoms with Gasteiger partial charge >= 0.3 is 0 Å². The Hall–Kier alpha value is -1.33. The van der Waals surface area contributed by atoms with Gasteiger partial charge in [-0.25, -0.2) is 4.98 Å². The summed E-state index contributed by atoms with van der Waals surface area (Å²) in [6, 6.07) is 6.10. The molecule has 1 saturated carbocycles. The van der Waals surface area contributed by atoms with E-state index in [1.165, 1.54) is 24.0 Å². The Labute approximate surface area is 130 Å². The SMILES string of the molecule is CCOc1ccc2nc(NCC3(N(C)C)CCC3)sc2c1. The Kier molecular flexibility index (Phi) is 4.04. The van der Waals surface area contributed by atoms with E-state index in [2.05, 4.69) is 35.4 Å². The van der Waals surface area contributed by atoms with Gasteiger partial charge in [0.05, 0.1) is 16.8 Å². The Bertz CT molecular complexity index is 619. The van der Waals surface area contributed by atoms with Crippen LogP contribution in [0.15, 0.2) is 18.2 Å². The Morgan fingerprint density at radius 3 is 2.81 bits per heavy atom. The first kappa shape index (κ1) is 14.6. The highest BCUT2D eigenvalue weighted by atomic mass is 32.1. The average Bonchev–Trinajstić information content (AvgIpc) is 2.79. The molecule has 114 valence electrons. The van der Waals surface area contributed by atoms with Gasteiger partial charge in [0.25, 0.3) is 0 Å². The molecule has 1 aromatic heterocycles. The lowest BCUT2D eigenvalue weighted by atomic mass is 9.75. The molecule has 0 unspecified atom stereocenters. The highest BCUT2D eigenvalue weighted by Gasteiger charge is 2.38. The van der Waals surface area contributed by atoms with E-state index in [4.69, 9.17) is 4.74 Å². The normalized spacial score (nSPS) is 17.0. The molecule has 0 saturated heterocycles. The minimum atomic E-state index is 0.314. The number of benzene rings is 1. The number of ether oxygens (including phenoxy) is 1. The summed E-state index contributed by atoms with van der Waals surface area (Å²) in [5, 5.41) is 4.54. The predicted molar refractivity (Wildman–Crippen MR) is 89.5 cm³/mol. The lowest BCUT2D eigenvalue weighted by molar-refractivity contribution is 0.0739. The van der Waals surface area contributed by atoms with Gasteiger partial charge in [0.1, 0.15) is 5.75 Å². The number of rotatable bonds is 6. The third-order valence-electron chi connectivity index (χ3n) is 4.47. The van der Waals surface area contributed by atoms with E-state index in [-0.39, 0.29) is 0 Å². The van der Waals surface area contributed by atoms with Crippen molar-refractivity contribution in [1.82, 2.24) is 9.88 Å². The molecule has 0 spiro atoms. The van der Waals surface area contributed by atoms with Crippen molar-refractivity contribution in [2.75, 3.05) is 32.6 Å². The lowest BCUT2D eigenvalue weighted by Crippen LogP contribution is -2.54. The largest absolute Gasteiger partial charge is 0.494 e. The molecule has 1 N–H and O–H groups in total. The van der Waals surface area contributed by atoms with Crippen molar-refractivity contribution in [1.29, 1.82) is 0 Å². The smallest absolute Gasteiger partial charge is 0.183 e. The van der Waals surface area contributed by atoms with Gasteiger partial charge < -0.3 is 15.0 Å². The minimum absolute atomic E-state index is 0.314. The van der Waals surface area contributed by atoms with E-state index in [1.807, 2.05) is 19.1 Å². The van der Waals surface area contributed by atoms with Crippen molar-refractivity contribution >= 4 is 26.7 Å². The molecule has 1 aliphatic rings. The van der Waals surface area contributed by atoms with Gasteiger partial charge in [0.15, 0.2) is 5.13 Å². The third-order valence-corrected chi connectivity index (χ3v) is 5.45. The number of aromatic nitrogens is 1. The average molecular weight is 305 g/mol. The number of nitrogens with one attached hydrogen (secondary N) is 1. The van der Waals surface area contributed by atoms with Gasteiger partial charge in [0, 0.05) is 12.1 Å². The van der Waals surface area contributed by atoms with Crippen LogP contribution in [0.1, 0.15) is 26.2 Å². The molecule has 0 radical (unpaired) electrons. The molecule has 5 heteroatoms. The maximum absolute atomic E-state index is 5.55. The summed E-state index contributed by atoms with van der Waals surface area (Å²) in [4.78, 5) is 7.02. The van der Waals surface area contributed by atoms with E-state index in [9.17, 15) is 0 Å². The van der Waals surface area contributed by atoms with E-state index >= 15 is 0 Å². The first-order valence-corrected chi connectivity index (χ1v) is 8.39. The second kappa shape index (κ2) is 5.81. The number of likely N-dealkylation sites (N-methyl/N-ethyl adjacent to an activating group) is 1. The molecule has 3 rings (SSSR count). The fourth-order valence-electron chi connectivity index (χ4n) is 2.84. The zero-order chi connectivity index (χ0) is 14.9. The summed E-state index contributed by atoms with van der Waals surface area (Å²) in [6.07, 6.45) is 3.87. The van der Waals surface area contributed by atoms with Crippen LogP contribution in [0, 0.1) is 0 Å². The van der Waals surface area contributed by atoms with Crippen molar-refractivity contribution in [3.8, 4) is 5.75 Å². The van der Waals surface area contributed by atoms with Crippen LogP contribution in [-0.4, -0.2) is 42.7 Å². The molecule has 0 atom stereocenters. The number of thiazole rings is 1. The van der Waals surface area contributed by atoms with Crippen LogP contribution >= 0.6 is 11.3 Å². The zero-order valence-corrected chi connectivity index (χ0v) is 13.8.